The lowest BCUT2D eigenvalue weighted by Crippen LogP contribution is -2.12. The van der Waals surface area contributed by atoms with Gasteiger partial charge in [0.1, 0.15) is 0 Å². The van der Waals surface area contributed by atoms with Crippen molar-refractivity contribution in [3.8, 4) is 0 Å². The van der Waals surface area contributed by atoms with Crippen LogP contribution in [-0.4, -0.2) is 12.4 Å². The van der Waals surface area contributed by atoms with Crippen LogP contribution in [0.4, 0.5) is 0 Å². The zero-order valence-electron chi connectivity index (χ0n) is 16.1. The summed E-state index contributed by atoms with van der Waals surface area (Å²) in [5.74, 6) is 1.88. The van der Waals surface area contributed by atoms with Crippen molar-refractivity contribution in [2.24, 2.45) is 22.0 Å². The minimum Gasteiger partial charge on any atom is -0.159 e. The normalized spacial score (nSPS) is 20.8. The molecule has 2 heteroatoms. The van der Waals surface area contributed by atoms with Gasteiger partial charge in [-0.15, -0.1) is 0 Å². The molecule has 0 atom stereocenters. The molecule has 0 radical (unpaired) electrons. The van der Waals surface area contributed by atoms with Crippen LogP contribution in [0.15, 0.2) is 58.7 Å². The number of hydrogen-bond donors (Lipinski definition) is 0. The molecular formula is C24H30N2. The second-order valence-corrected chi connectivity index (χ2v) is 7.81. The van der Waals surface area contributed by atoms with Gasteiger partial charge in [0.05, 0.1) is 12.4 Å². The van der Waals surface area contributed by atoms with Gasteiger partial charge in [0.25, 0.3) is 0 Å². The molecular weight excluding hydrogens is 316 g/mol. The Kier molecular flexibility index (Phi) is 6.76. The van der Waals surface area contributed by atoms with Crippen molar-refractivity contribution in [3.05, 3.63) is 70.8 Å². The number of nitrogens with zero attached hydrogens (tertiary/aromatic N) is 2. The highest BCUT2D eigenvalue weighted by atomic mass is 15.2. The molecule has 0 spiro atoms. The summed E-state index contributed by atoms with van der Waals surface area (Å²) in [5.41, 5.74) is 4.86. The first-order valence-electron chi connectivity index (χ1n) is 9.91. The number of aryl methyl sites for hydroxylation is 2. The average molecular weight is 347 g/mol. The number of hydrogen-bond acceptors (Lipinski definition) is 2. The molecule has 136 valence electrons. The summed E-state index contributed by atoms with van der Waals surface area (Å²) in [6.07, 6.45) is 11.8. The van der Waals surface area contributed by atoms with E-state index in [0.717, 1.165) is 23.0 Å². The smallest absolute Gasteiger partial charge is 0.0568 e. The van der Waals surface area contributed by atoms with E-state index in [1.807, 2.05) is 6.21 Å². The fourth-order valence-electron chi connectivity index (χ4n) is 3.61. The lowest BCUT2D eigenvalue weighted by molar-refractivity contribution is 0.278. The SMILES string of the molecule is Cc1ccc(/C=N\N=C/c2ccc(CCC3CCC(C)CC3)cc2)cc1. The molecule has 0 saturated heterocycles. The van der Waals surface area contributed by atoms with E-state index >= 15 is 0 Å². The minimum atomic E-state index is 0.934. The van der Waals surface area contributed by atoms with Gasteiger partial charge >= 0.3 is 0 Å². The highest BCUT2D eigenvalue weighted by molar-refractivity contribution is 5.82. The van der Waals surface area contributed by atoms with Crippen LogP contribution < -0.4 is 0 Å². The van der Waals surface area contributed by atoms with Crippen molar-refractivity contribution in [2.45, 2.75) is 52.4 Å². The minimum absolute atomic E-state index is 0.934. The first kappa shape index (κ1) is 18.6. The maximum atomic E-state index is 4.16. The van der Waals surface area contributed by atoms with Gasteiger partial charge in [0.15, 0.2) is 0 Å². The third kappa shape index (κ3) is 5.94. The molecule has 1 aliphatic carbocycles. The van der Waals surface area contributed by atoms with Gasteiger partial charge < -0.3 is 0 Å². The van der Waals surface area contributed by atoms with E-state index < -0.39 is 0 Å². The van der Waals surface area contributed by atoms with Crippen LogP contribution in [0.2, 0.25) is 0 Å². The first-order valence-corrected chi connectivity index (χ1v) is 9.91. The zero-order valence-corrected chi connectivity index (χ0v) is 16.1. The lowest BCUT2D eigenvalue weighted by atomic mass is 9.80. The van der Waals surface area contributed by atoms with E-state index in [0.29, 0.717) is 0 Å². The average Bonchev–Trinajstić information content (AvgIpc) is 2.67. The van der Waals surface area contributed by atoms with E-state index in [4.69, 9.17) is 0 Å². The van der Waals surface area contributed by atoms with Gasteiger partial charge in [-0.1, -0.05) is 86.7 Å². The van der Waals surface area contributed by atoms with Crippen LogP contribution in [0.25, 0.3) is 0 Å². The van der Waals surface area contributed by atoms with Crippen LogP contribution in [-0.2, 0) is 6.42 Å². The Bertz CT molecular complexity index is 718. The molecule has 3 rings (SSSR count). The molecule has 1 aliphatic rings. The Morgan fingerprint density at radius 3 is 1.92 bits per heavy atom. The van der Waals surface area contributed by atoms with Crippen molar-refractivity contribution < 1.29 is 0 Å². The summed E-state index contributed by atoms with van der Waals surface area (Å²) in [7, 11) is 0. The molecule has 0 unspecified atom stereocenters. The van der Waals surface area contributed by atoms with E-state index in [2.05, 4.69) is 72.6 Å². The molecule has 1 saturated carbocycles. The fourth-order valence-corrected chi connectivity index (χ4v) is 3.61. The molecule has 26 heavy (non-hydrogen) atoms. The van der Waals surface area contributed by atoms with Crippen molar-refractivity contribution in [2.75, 3.05) is 0 Å². The Labute approximate surface area is 158 Å². The van der Waals surface area contributed by atoms with E-state index in [1.165, 1.54) is 49.7 Å². The second kappa shape index (κ2) is 9.47. The summed E-state index contributed by atoms with van der Waals surface area (Å²) < 4.78 is 0. The largest absolute Gasteiger partial charge is 0.159 e. The summed E-state index contributed by atoms with van der Waals surface area (Å²) in [4.78, 5) is 0. The Balaban J connectivity index is 1.45. The van der Waals surface area contributed by atoms with Crippen molar-refractivity contribution in [1.29, 1.82) is 0 Å². The monoisotopic (exact) mass is 346 g/mol. The van der Waals surface area contributed by atoms with Gasteiger partial charge in [-0.3, -0.25) is 0 Å². The summed E-state index contributed by atoms with van der Waals surface area (Å²) in [5, 5.41) is 8.30. The van der Waals surface area contributed by atoms with Crippen LogP contribution in [0.5, 0.6) is 0 Å². The van der Waals surface area contributed by atoms with E-state index in [-0.39, 0.29) is 0 Å². The summed E-state index contributed by atoms with van der Waals surface area (Å²) >= 11 is 0. The Hall–Kier alpha value is -2.22. The second-order valence-electron chi connectivity index (χ2n) is 7.81. The molecule has 2 nitrogen and oxygen atoms in total. The van der Waals surface area contributed by atoms with Crippen molar-refractivity contribution in [1.82, 2.24) is 0 Å². The topological polar surface area (TPSA) is 24.7 Å². The number of benzene rings is 2. The molecule has 0 heterocycles. The first-order chi connectivity index (χ1) is 12.7. The van der Waals surface area contributed by atoms with Gasteiger partial charge in [0, 0.05) is 0 Å². The lowest BCUT2D eigenvalue weighted by Gasteiger charge is -2.26. The number of rotatable bonds is 6. The maximum Gasteiger partial charge on any atom is 0.0568 e. The predicted molar refractivity (Wildman–Crippen MR) is 112 cm³/mol. The third-order valence-corrected chi connectivity index (χ3v) is 5.51. The molecule has 0 aromatic heterocycles. The maximum absolute atomic E-state index is 4.16. The van der Waals surface area contributed by atoms with Gasteiger partial charge in [-0.05, 0) is 48.3 Å². The van der Waals surface area contributed by atoms with Gasteiger partial charge in [-0.2, -0.15) is 10.2 Å². The van der Waals surface area contributed by atoms with E-state index in [1.54, 1.807) is 6.21 Å². The van der Waals surface area contributed by atoms with Crippen LogP contribution in [0, 0.1) is 18.8 Å². The van der Waals surface area contributed by atoms with Crippen LogP contribution >= 0.6 is 0 Å². The van der Waals surface area contributed by atoms with Crippen LogP contribution in [0.3, 0.4) is 0 Å². The molecule has 0 bridgehead atoms. The molecule has 0 amide bonds. The van der Waals surface area contributed by atoms with Gasteiger partial charge in [-0.25, -0.2) is 0 Å². The standard InChI is InChI=1S/C24H30N2/c1-19-3-7-21(8-4-19)11-12-22-13-15-24(16-14-22)18-26-25-17-23-9-5-20(2)6-10-23/h5-6,9-10,13-19,21H,3-4,7-8,11-12H2,1-2H3/b25-17-,26-18-. The predicted octanol–water partition coefficient (Wildman–Crippen LogP) is 6.21. The zero-order chi connectivity index (χ0) is 18.2. The fraction of sp³-hybridized carbons (Fsp3) is 0.417. The summed E-state index contributed by atoms with van der Waals surface area (Å²) in [6.45, 7) is 4.47. The highest BCUT2D eigenvalue weighted by Crippen LogP contribution is 2.31. The Morgan fingerprint density at radius 1 is 0.808 bits per heavy atom. The molecule has 2 aromatic rings. The summed E-state index contributed by atoms with van der Waals surface area (Å²) in [6, 6.07) is 17.0. The highest BCUT2D eigenvalue weighted by Gasteiger charge is 2.17. The quantitative estimate of drug-likeness (QED) is 0.439. The molecule has 0 aliphatic heterocycles. The van der Waals surface area contributed by atoms with Crippen LogP contribution in [0.1, 0.15) is 61.3 Å². The third-order valence-electron chi connectivity index (χ3n) is 5.51. The van der Waals surface area contributed by atoms with E-state index in [9.17, 15) is 0 Å². The van der Waals surface area contributed by atoms with Crippen molar-refractivity contribution in [3.63, 3.8) is 0 Å². The molecule has 1 fully saturated rings. The van der Waals surface area contributed by atoms with Crippen molar-refractivity contribution >= 4 is 12.4 Å². The Morgan fingerprint density at radius 2 is 1.35 bits per heavy atom. The molecule has 0 N–H and O–H groups in total. The van der Waals surface area contributed by atoms with Gasteiger partial charge in [0.2, 0.25) is 0 Å². The molecule has 2 aromatic carbocycles.